The largest absolute Gasteiger partial charge is 0.365 e. The van der Waals surface area contributed by atoms with Crippen molar-refractivity contribution in [3.05, 3.63) is 23.5 Å². The lowest BCUT2D eigenvalue weighted by atomic mass is 10.0. The SMILES string of the molecule is Cc1[nH]ccc1C(=O)N1CCC2(CC1)OCCO2. The Hall–Kier alpha value is -1.33. The Morgan fingerprint density at radius 2 is 2.00 bits per heavy atom. The molecule has 0 atom stereocenters. The molecule has 0 aliphatic carbocycles. The van der Waals surface area contributed by atoms with E-state index in [-0.39, 0.29) is 5.91 Å². The molecule has 98 valence electrons. The lowest BCUT2D eigenvalue weighted by Crippen LogP contribution is -2.47. The molecule has 1 N–H and O–H groups in total. The maximum absolute atomic E-state index is 12.3. The summed E-state index contributed by atoms with van der Waals surface area (Å²) in [6.07, 6.45) is 3.33. The lowest BCUT2D eigenvalue weighted by Gasteiger charge is -2.37. The second-order valence-electron chi connectivity index (χ2n) is 4.92. The highest BCUT2D eigenvalue weighted by molar-refractivity contribution is 5.95. The molecule has 2 aliphatic heterocycles. The average Bonchev–Trinajstić information content (AvgIpc) is 2.99. The number of carbonyl (C=O) groups is 1. The van der Waals surface area contributed by atoms with Gasteiger partial charge in [0, 0.05) is 37.8 Å². The lowest BCUT2D eigenvalue weighted by molar-refractivity contribution is -0.181. The number of aryl methyl sites for hydroxylation is 1. The number of likely N-dealkylation sites (tertiary alicyclic amines) is 1. The first-order chi connectivity index (χ1) is 8.70. The van der Waals surface area contributed by atoms with Gasteiger partial charge in [-0.2, -0.15) is 0 Å². The summed E-state index contributed by atoms with van der Waals surface area (Å²) in [6.45, 7) is 4.66. The number of hydrogen-bond donors (Lipinski definition) is 1. The quantitative estimate of drug-likeness (QED) is 0.817. The van der Waals surface area contributed by atoms with Crippen LogP contribution >= 0.6 is 0 Å². The van der Waals surface area contributed by atoms with Gasteiger partial charge in [0.1, 0.15) is 0 Å². The number of aromatic amines is 1. The molecule has 1 amide bonds. The standard InChI is InChI=1S/C13H18N2O3/c1-10-11(2-5-14-10)12(16)15-6-3-13(4-7-15)17-8-9-18-13/h2,5,14H,3-4,6-9H2,1H3. The van der Waals surface area contributed by atoms with E-state index in [0.29, 0.717) is 26.3 Å². The molecule has 1 aromatic rings. The van der Waals surface area contributed by atoms with Crippen molar-refractivity contribution in [2.45, 2.75) is 25.6 Å². The number of hydrogen-bond acceptors (Lipinski definition) is 3. The molecule has 5 heteroatoms. The molecule has 0 unspecified atom stereocenters. The first kappa shape index (κ1) is 11.7. The van der Waals surface area contributed by atoms with Gasteiger partial charge >= 0.3 is 0 Å². The summed E-state index contributed by atoms with van der Waals surface area (Å²) >= 11 is 0. The van der Waals surface area contributed by atoms with Gasteiger partial charge in [-0.15, -0.1) is 0 Å². The minimum absolute atomic E-state index is 0.0987. The van der Waals surface area contributed by atoms with Crippen molar-refractivity contribution < 1.29 is 14.3 Å². The van der Waals surface area contributed by atoms with Crippen LogP contribution in [0.2, 0.25) is 0 Å². The van der Waals surface area contributed by atoms with E-state index in [1.807, 2.05) is 17.9 Å². The van der Waals surface area contributed by atoms with Crippen molar-refractivity contribution in [3.63, 3.8) is 0 Å². The number of aromatic nitrogens is 1. The first-order valence-electron chi connectivity index (χ1n) is 6.41. The van der Waals surface area contributed by atoms with Crippen LogP contribution in [0.15, 0.2) is 12.3 Å². The van der Waals surface area contributed by atoms with Gasteiger partial charge in [0.25, 0.3) is 5.91 Å². The van der Waals surface area contributed by atoms with Gasteiger partial charge in [0.15, 0.2) is 5.79 Å². The molecule has 0 aromatic carbocycles. The van der Waals surface area contributed by atoms with Crippen LogP contribution in [0.4, 0.5) is 0 Å². The van der Waals surface area contributed by atoms with Gasteiger partial charge in [-0.3, -0.25) is 4.79 Å². The summed E-state index contributed by atoms with van der Waals surface area (Å²) in [5, 5.41) is 0. The number of rotatable bonds is 1. The monoisotopic (exact) mass is 250 g/mol. The highest BCUT2D eigenvalue weighted by Gasteiger charge is 2.40. The normalized spacial score (nSPS) is 22.6. The Labute approximate surface area is 106 Å². The van der Waals surface area contributed by atoms with E-state index >= 15 is 0 Å². The Morgan fingerprint density at radius 1 is 1.33 bits per heavy atom. The average molecular weight is 250 g/mol. The van der Waals surface area contributed by atoms with Crippen LogP contribution in [0, 0.1) is 6.92 Å². The Kier molecular flexibility index (Phi) is 2.87. The maximum Gasteiger partial charge on any atom is 0.255 e. The third kappa shape index (κ3) is 1.93. The summed E-state index contributed by atoms with van der Waals surface area (Å²) in [6, 6.07) is 1.84. The third-order valence-corrected chi connectivity index (χ3v) is 3.81. The Morgan fingerprint density at radius 3 is 2.56 bits per heavy atom. The number of carbonyl (C=O) groups excluding carboxylic acids is 1. The van der Waals surface area contributed by atoms with Gasteiger partial charge in [-0.25, -0.2) is 0 Å². The predicted molar refractivity (Wildman–Crippen MR) is 65.3 cm³/mol. The topological polar surface area (TPSA) is 54.6 Å². The Bertz CT molecular complexity index is 439. The zero-order valence-electron chi connectivity index (χ0n) is 10.6. The fourth-order valence-electron chi connectivity index (χ4n) is 2.69. The van der Waals surface area contributed by atoms with Gasteiger partial charge in [0.2, 0.25) is 0 Å². The van der Waals surface area contributed by atoms with E-state index in [0.717, 1.165) is 24.1 Å². The number of nitrogens with zero attached hydrogens (tertiary/aromatic N) is 1. The number of amides is 1. The molecule has 0 saturated carbocycles. The molecule has 2 saturated heterocycles. The third-order valence-electron chi connectivity index (χ3n) is 3.81. The molecule has 5 nitrogen and oxygen atoms in total. The molecular weight excluding hydrogens is 232 g/mol. The van der Waals surface area contributed by atoms with Crippen LogP contribution in [0.3, 0.4) is 0 Å². The zero-order valence-corrected chi connectivity index (χ0v) is 10.6. The summed E-state index contributed by atoms with van der Waals surface area (Å²) in [5.41, 5.74) is 1.69. The van der Waals surface area contributed by atoms with Gasteiger partial charge in [0.05, 0.1) is 18.8 Å². The summed E-state index contributed by atoms with van der Waals surface area (Å²) in [4.78, 5) is 17.2. The summed E-state index contributed by atoms with van der Waals surface area (Å²) in [7, 11) is 0. The molecule has 2 fully saturated rings. The highest BCUT2D eigenvalue weighted by atomic mass is 16.7. The van der Waals surface area contributed by atoms with Crippen LogP contribution in [0.1, 0.15) is 28.9 Å². The van der Waals surface area contributed by atoms with Crippen molar-refractivity contribution in [1.82, 2.24) is 9.88 Å². The fraction of sp³-hybridized carbons (Fsp3) is 0.615. The second-order valence-corrected chi connectivity index (χ2v) is 4.92. The highest BCUT2D eigenvalue weighted by Crippen LogP contribution is 2.31. The minimum atomic E-state index is -0.413. The predicted octanol–water partition coefficient (Wildman–Crippen LogP) is 1.30. The molecule has 1 spiro atoms. The molecule has 18 heavy (non-hydrogen) atoms. The van der Waals surface area contributed by atoms with Gasteiger partial charge in [-0.1, -0.05) is 0 Å². The zero-order chi connectivity index (χ0) is 12.6. The molecule has 1 aromatic heterocycles. The van der Waals surface area contributed by atoms with Crippen LogP contribution in [0.25, 0.3) is 0 Å². The van der Waals surface area contributed by atoms with Crippen molar-refractivity contribution in [1.29, 1.82) is 0 Å². The summed E-state index contributed by atoms with van der Waals surface area (Å²) < 4.78 is 11.3. The van der Waals surface area contributed by atoms with Gasteiger partial charge < -0.3 is 19.4 Å². The molecular formula is C13H18N2O3. The van der Waals surface area contributed by atoms with Crippen molar-refractivity contribution in [3.8, 4) is 0 Å². The smallest absolute Gasteiger partial charge is 0.255 e. The number of nitrogens with one attached hydrogen (secondary N) is 1. The van der Waals surface area contributed by atoms with Crippen LogP contribution in [0.5, 0.6) is 0 Å². The number of ether oxygens (including phenoxy) is 2. The van der Waals surface area contributed by atoms with Crippen LogP contribution in [-0.2, 0) is 9.47 Å². The van der Waals surface area contributed by atoms with E-state index in [9.17, 15) is 4.79 Å². The van der Waals surface area contributed by atoms with Crippen molar-refractivity contribution in [2.75, 3.05) is 26.3 Å². The summed E-state index contributed by atoms with van der Waals surface area (Å²) in [5.74, 6) is -0.314. The molecule has 3 heterocycles. The second kappa shape index (κ2) is 4.40. The first-order valence-corrected chi connectivity index (χ1v) is 6.41. The van der Waals surface area contributed by atoms with E-state index < -0.39 is 5.79 Å². The van der Waals surface area contributed by atoms with Crippen molar-refractivity contribution in [2.24, 2.45) is 0 Å². The molecule has 3 rings (SSSR count). The van der Waals surface area contributed by atoms with Gasteiger partial charge in [-0.05, 0) is 13.0 Å². The molecule has 0 radical (unpaired) electrons. The number of piperidine rings is 1. The van der Waals surface area contributed by atoms with Crippen LogP contribution < -0.4 is 0 Å². The minimum Gasteiger partial charge on any atom is -0.365 e. The van der Waals surface area contributed by atoms with E-state index in [1.165, 1.54) is 0 Å². The van der Waals surface area contributed by atoms with E-state index in [2.05, 4.69) is 4.98 Å². The van der Waals surface area contributed by atoms with Crippen molar-refractivity contribution >= 4 is 5.91 Å². The molecule has 0 bridgehead atoms. The fourth-order valence-corrected chi connectivity index (χ4v) is 2.69. The van der Waals surface area contributed by atoms with E-state index in [4.69, 9.17) is 9.47 Å². The molecule has 2 aliphatic rings. The van der Waals surface area contributed by atoms with E-state index in [1.54, 1.807) is 6.20 Å². The van der Waals surface area contributed by atoms with Crippen LogP contribution in [-0.4, -0.2) is 47.9 Å². The Balaban J connectivity index is 1.66. The maximum atomic E-state index is 12.3. The number of H-pyrrole nitrogens is 1.